The van der Waals surface area contributed by atoms with Gasteiger partial charge in [-0.3, -0.25) is 4.79 Å². The van der Waals surface area contributed by atoms with Crippen LogP contribution in [-0.2, 0) is 9.53 Å². The number of ether oxygens (including phenoxy) is 1. The summed E-state index contributed by atoms with van der Waals surface area (Å²) in [6, 6.07) is 0. The Morgan fingerprint density at radius 2 is 2.05 bits per heavy atom. The van der Waals surface area contributed by atoms with Crippen LogP contribution in [0.5, 0.6) is 0 Å². The lowest BCUT2D eigenvalue weighted by Gasteiger charge is -2.11. The summed E-state index contributed by atoms with van der Waals surface area (Å²) in [4.78, 5) is 12.0. The van der Waals surface area contributed by atoms with Crippen LogP contribution in [-0.4, -0.2) is 18.5 Å². The van der Waals surface area contributed by atoms with E-state index in [1.807, 2.05) is 5.92 Å². The number of alkyl halides is 2. The first-order valence-corrected chi connectivity index (χ1v) is 7.20. The summed E-state index contributed by atoms with van der Waals surface area (Å²) in [6.07, 6.45) is 2.08. The fraction of sp³-hybridized carbons (Fsp3) is 0.533. The zero-order valence-electron chi connectivity index (χ0n) is 12.0. The fourth-order valence-electron chi connectivity index (χ4n) is 2.24. The van der Waals surface area contributed by atoms with Crippen molar-refractivity contribution in [1.82, 2.24) is 0 Å². The minimum absolute atomic E-state index is 0.0184. The average Bonchev–Trinajstić information content (AvgIpc) is 2.93. The maximum absolute atomic E-state index is 13.6. The van der Waals surface area contributed by atoms with Crippen LogP contribution in [0.2, 0.25) is 0 Å². The molecule has 22 heavy (non-hydrogen) atoms. The Labute approximate surface area is 137 Å². The van der Waals surface area contributed by atoms with Gasteiger partial charge in [0.2, 0.25) is 12.5 Å². The molecule has 7 heteroatoms. The first-order valence-electron chi connectivity index (χ1n) is 6.44. The summed E-state index contributed by atoms with van der Waals surface area (Å²) in [5, 5.41) is 0. The molecule has 0 radical (unpaired) electrons. The normalized spacial score (nSPS) is 24.4. The first-order chi connectivity index (χ1) is 10.1. The molecule has 0 heterocycles. The summed E-state index contributed by atoms with van der Waals surface area (Å²) in [7, 11) is 0. The van der Waals surface area contributed by atoms with Crippen molar-refractivity contribution in [2.24, 2.45) is 17.3 Å². The first kappa shape index (κ1) is 18.9. The Morgan fingerprint density at radius 1 is 1.45 bits per heavy atom. The zero-order chi connectivity index (χ0) is 17.1. The highest BCUT2D eigenvalue weighted by molar-refractivity contribution is 6.55. The van der Waals surface area contributed by atoms with Crippen molar-refractivity contribution in [2.75, 3.05) is 0 Å². The summed E-state index contributed by atoms with van der Waals surface area (Å²) in [5.41, 5.74) is -0.450. The van der Waals surface area contributed by atoms with Gasteiger partial charge in [-0.1, -0.05) is 43.0 Å². The van der Waals surface area contributed by atoms with Gasteiger partial charge in [-0.05, 0) is 23.5 Å². The van der Waals surface area contributed by atoms with Gasteiger partial charge in [0.25, 0.3) is 0 Å². The number of esters is 1. The zero-order valence-corrected chi connectivity index (χ0v) is 13.5. The smallest absolute Gasteiger partial charge is 0.311 e. The van der Waals surface area contributed by atoms with Crippen molar-refractivity contribution in [2.45, 2.75) is 32.8 Å². The van der Waals surface area contributed by atoms with E-state index in [4.69, 9.17) is 34.4 Å². The highest BCUT2D eigenvalue weighted by atomic mass is 35.5. The molecule has 0 spiro atoms. The van der Waals surface area contributed by atoms with E-state index in [0.717, 1.165) is 0 Å². The molecule has 3 atom stereocenters. The quantitative estimate of drug-likeness (QED) is 0.513. The van der Waals surface area contributed by atoms with Gasteiger partial charge in [0, 0.05) is 6.42 Å². The minimum Gasteiger partial charge on any atom is -0.441 e. The van der Waals surface area contributed by atoms with Gasteiger partial charge in [-0.15, -0.1) is 6.42 Å². The van der Waals surface area contributed by atoms with Crippen LogP contribution in [0.4, 0.5) is 13.2 Å². The van der Waals surface area contributed by atoms with E-state index < -0.39 is 42.1 Å². The molecule has 1 fully saturated rings. The molecular weight excluding hydrogens is 340 g/mol. The second-order valence-electron chi connectivity index (χ2n) is 5.48. The summed E-state index contributed by atoms with van der Waals surface area (Å²) in [5.74, 6) is -0.705. The molecule has 0 bridgehead atoms. The highest BCUT2D eigenvalue weighted by Gasteiger charge is 2.62. The van der Waals surface area contributed by atoms with Crippen LogP contribution in [0.25, 0.3) is 0 Å². The molecule has 1 aliphatic carbocycles. The molecule has 0 N–H and O–H groups in total. The molecule has 1 aliphatic rings. The predicted octanol–water partition coefficient (Wildman–Crippen LogP) is 4.63. The van der Waals surface area contributed by atoms with Gasteiger partial charge in [-0.25, -0.2) is 13.2 Å². The topological polar surface area (TPSA) is 26.3 Å². The molecule has 0 saturated heterocycles. The van der Waals surface area contributed by atoms with E-state index >= 15 is 0 Å². The lowest BCUT2D eigenvalue weighted by molar-refractivity contribution is -0.148. The van der Waals surface area contributed by atoms with Gasteiger partial charge in [0.05, 0.1) is 5.92 Å². The highest BCUT2D eigenvalue weighted by Crippen LogP contribution is 2.60. The molecule has 0 aromatic heterocycles. The number of allylic oxidation sites excluding steroid dienone is 2. The molecule has 1 rings (SSSR count). The van der Waals surface area contributed by atoms with E-state index in [9.17, 15) is 18.0 Å². The van der Waals surface area contributed by atoms with Gasteiger partial charge in [0.15, 0.2) is 0 Å². The molecule has 122 valence electrons. The number of carbonyl (C=O) groups is 1. The van der Waals surface area contributed by atoms with Crippen LogP contribution < -0.4 is 0 Å². The van der Waals surface area contributed by atoms with Crippen molar-refractivity contribution >= 4 is 29.2 Å². The fourth-order valence-corrected chi connectivity index (χ4v) is 2.51. The van der Waals surface area contributed by atoms with Gasteiger partial charge < -0.3 is 4.74 Å². The third-order valence-electron chi connectivity index (χ3n) is 3.60. The molecule has 1 saturated carbocycles. The Balaban J connectivity index is 2.73. The van der Waals surface area contributed by atoms with Crippen molar-refractivity contribution < 1.29 is 22.7 Å². The number of rotatable bonds is 6. The number of terminal acetylenes is 1. The van der Waals surface area contributed by atoms with Crippen molar-refractivity contribution in [1.29, 1.82) is 0 Å². The largest absolute Gasteiger partial charge is 0.441 e. The summed E-state index contributed by atoms with van der Waals surface area (Å²) < 4.78 is 42.6. The van der Waals surface area contributed by atoms with E-state index in [2.05, 4.69) is 0 Å². The molecule has 0 aliphatic heterocycles. The summed E-state index contributed by atoms with van der Waals surface area (Å²) in [6.45, 7) is 3.59. The summed E-state index contributed by atoms with van der Waals surface area (Å²) >= 11 is 11.1. The Morgan fingerprint density at radius 3 is 2.50 bits per heavy atom. The molecule has 0 amide bonds. The maximum Gasteiger partial charge on any atom is 0.311 e. The van der Waals surface area contributed by atoms with Crippen molar-refractivity contribution in [3.63, 3.8) is 0 Å². The van der Waals surface area contributed by atoms with Crippen LogP contribution >= 0.6 is 23.2 Å². The van der Waals surface area contributed by atoms with Crippen LogP contribution in [0.15, 0.2) is 22.5 Å². The second-order valence-corrected chi connectivity index (χ2v) is 6.49. The Hall–Kier alpha value is -1.12. The Bertz CT molecular complexity index is 531. The van der Waals surface area contributed by atoms with Crippen LogP contribution in [0, 0.1) is 29.6 Å². The number of carbonyl (C=O) groups excluding carboxylic acids is 1. The molecule has 2 nitrogen and oxygen atoms in total. The minimum atomic E-state index is -2.71. The molecule has 3 unspecified atom stereocenters. The number of halogens is 5. The van der Waals surface area contributed by atoms with E-state index in [1.165, 1.54) is 6.08 Å². The van der Waals surface area contributed by atoms with E-state index in [-0.39, 0.29) is 10.4 Å². The predicted molar refractivity (Wildman–Crippen MR) is 79.1 cm³/mol. The number of hydrogen-bond donors (Lipinski definition) is 0. The molecular formula is C15H15Cl2F3O2. The third-order valence-corrected chi connectivity index (χ3v) is 3.85. The average molecular weight is 355 g/mol. The van der Waals surface area contributed by atoms with Crippen molar-refractivity contribution in [3.05, 3.63) is 22.5 Å². The van der Waals surface area contributed by atoms with Gasteiger partial charge in [0.1, 0.15) is 10.3 Å². The maximum atomic E-state index is 13.6. The SMILES string of the molecule is C#CC(OC(=O)C1C(C=C(Cl)Cl)C1(C)C)C(F)=CCC(F)F. The van der Waals surface area contributed by atoms with Crippen LogP contribution in [0.3, 0.4) is 0 Å². The van der Waals surface area contributed by atoms with E-state index in [1.54, 1.807) is 13.8 Å². The monoisotopic (exact) mass is 354 g/mol. The van der Waals surface area contributed by atoms with Gasteiger partial charge >= 0.3 is 5.97 Å². The third kappa shape index (κ3) is 4.69. The number of hydrogen-bond acceptors (Lipinski definition) is 2. The molecule has 0 aromatic rings. The second kappa shape index (κ2) is 7.43. The van der Waals surface area contributed by atoms with Gasteiger partial charge in [-0.2, -0.15) is 0 Å². The lowest BCUT2D eigenvalue weighted by atomic mass is 10.1. The Kier molecular flexibility index (Phi) is 6.39. The van der Waals surface area contributed by atoms with Crippen molar-refractivity contribution in [3.8, 4) is 12.3 Å². The lowest BCUT2D eigenvalue weighted by Crippen LogP contribution is -2.20. The van der Waals surface area contributed by atoms with E-state index in [0.29, 0.717) is 6.08 Å². The molecule has 0 aromatic carbocycles. The standard InChI is InChI=1S/C15H15Cl2F3O2/c1-4-10(9(18)5-6-12(19)20)22-14(21)13-8(7-11(16)17)15(13,2)3/h1,5,7-8,10,12-13H,6H2,2-3H3. The van der Waals surface area contributed by atoms with Crippen LogP contribution in [0.1, 0.15) is 20.3 Å².